The van der Waals surface area contributed by atoms with Crippen LogP contribution in [0.3, 0.4) is 0 Å². The number of benzene rings is 1. The molecular weight excluding hydrogens is 364 g/mol. The Balaban J connectivity index is 2.03. The summed E-state index contributed by atoms with van der Waals surface area (Å²) < 4.78 is 17.5. The fourth-order valence-corrected chi connectivity index (χ4v) is 3.08. The average molecular weight is 396 g/mol. The highest BCUT2D eigenvalue weighted by Gasteiger charge is 2.51. The van der Waals surface area contributed by atoms with Crippen LogP contribution in [-0.4, -0.2) is 36.6 Å². The van der Waals surface area contributed by atoms with Crippen LogP contribution >= 0.6 is 11.6 Å². The molecule has 1 amide bonds. The van der Waals surface area contributed by atoms with E-state index in [4.69, 9.17) is 25.6 Å². The second kappa shape index (κ2) is 7.65. The van der Waals surface area contributed by atoms with Crippen LogP contribution in [0.5, 0.6) is 0 Å². The first kappa shape index (κ1) is 22.1. The Morgan fingerprint density at radius 2 is 1.78 bits per heavy atom. The maximum absolute atomic E-state index is 11.8. The van der Waals surface area contributed by atoms with Crippen LogP contribution in [-0.2, 0) is 14.0 Å². The molecule has 150 valence electrons. The number of ether oxygens (including phenoxy) is 1. The quantitative estimate of drug-likeness (QED) is 0.774. The number of hydrogen-bond acceptors (Lipinski definition) is 4. The van der Waals surface area contributed by atoms with Gasteiger partial charge in [-0.25, -0.2) is 4.79 Å². The summed E-state index contributed by atoms with van der Waals surface area (Å²) in [5.41, 5.74) is 0.665. The second-order valence-corrected chi connectivity index (χ2v) is 9.65. The number of carbonyl (C=O) groups is 1. The van der Waals surface area contributed by atoms with E-state index in [0.717, 1.165) is 11.0 Å². The molecule has 1 heterocycles. The van der Waals surface area contributed by atoms with Gasteiger partial charge in [0, 0.05) is 16.5 Å². The van der Waals surface area contributed by atoms with E-state index in [9.17, 15) is 4.79 Å². The number of amides is 1. The average Bonchev–Trinajstić information content (AvgIpc) is 2.71. The fraction of sp³-hybridized carbons (Fsp3) is 0.650. The Hall–Kier alpha value is -1.24. The molecule has 2 rings (SSSR count). The summed E-state index contributed by atoms with van der Waals surface area (Å²) in [6.45, 7) is 16.0. The Morgan fingerprint density at radius 3 is 2.26 bits per heavy atom. The molecule has 1 saturated heterocycles. The largest absolute Gasteiger partial charge is 0.494 e. The molecule has 7 heteroatoms. The van der Waals surface area contributed by atoms with Crippen LogP contribution in [0.15, 0.2) is 18.2 Å². The lowest BCUT2D eigenvalue weighted by Gasteiger charge is -2.32. The predicted octanol–water partition coefficient (Wildman–Crippen LogP) is 4.27. The zero-order valence-electron chi connectivity index (χ0n) is 17.6. The molecule has 27 heavy (non-hydrogen) atoms. The van der Waals surface area contributed by atoms with E-state index in [-0.39, 0.29) is 18.1 Å². The first-order chi connectivity index (χ1) is 12.2. The molecule has 1 aromatic rings. The molecule has 1 aliphatic rings. The molecule has 0 aromatic heterocycles. The number of halogens is 1. The van der Waals surface area contributed by atoms with Gasteiger partial charge in [-0.05, 0) is 65.6 Å². The molecule has 0 spiro atoms. The predicted molar refractivity (Wildman–Crippen MR) is 110 cm³/mol. The summed E-state index contributed by atoms with van der Waals surface area (Å²) in [7, 11) is -0.453. The lowest BCUT2D eigenvalue weighted by atomic mass is 9.78. The van der Waals surface area contributed by atoms with Crippen LogP contribution in [0, 0.1) is 0 Å². The first-order valence-electron chi connectivity index (χ1n) is 9.32. The van der Waals surface area contributed by atoms with Gasteiger partial charge in [0.1, 0.15) is 0 Å². The minimum absolute atomic E-state index is 0.0319. The summed E-state index contributed by atoms with van der Waals surface area (Å²) in [6, 6.07) is 5.76. The van der Waals surface area contributed by atoms with E-state index in [0.29, 0.717) is 5.02 Å². The van der Waals surface area contributed by atoms with Gasteiger partial charge in [-0.2, -0.15) is 0 Å². The van der Waals surface area contributed by atoms with Gasteiger partial charge in [-0.1, -0.05) is 30.7 Å². The summed E-state index contributed by atoms with van der Waals surface area (Å²) >= 11 is 6.50. The molecule has 0 bridgehead atoms. The third-order valence-corrected chi connectivity index (χ3v) is 5.35. The van der Waals surface area contributed by atoms with Gasteiger partial charge in [0.2, 0.25) is 0 Å². The maximum Gasteiger partial charge on any atom is 0.494 e. The second-order valence-electron chi connectivity index (χ2n) is 9.24. The Morgan fingerprint density at radius 1 is 1.22 bits per heavy atom. The number of carbonyl (C=O) groups excluding carboxylic acids is 1. The van der Waals surface area contributed by atoms with Crippen molar-refractivity contribution in [1.82, 2.24) is 5.32 Å². The van der Waals surface area contributed by atoms with E-state index in [1.54, 1.807) is 0 Å². The van der Waals surface area contributed by atoms with E-state index in [1.165, 1.54) is 0 Å². The topological polar surface area (TPSA) is 56.8 Å². The van der Waals surface area contributed by atoms with Crippen molar-refractivity contribution in [1.29, 1.82) is 0 Å². The molecule has 0 radical (unpaired) electrons. The standard InChI is InChI=1S/C20H31BClNO4/c1-13(12-25-17(24)23-18(2,3)4)15-10-9-14(11-16(15)22)21-26-19(5,6)20(7,8)27-21/h9-11,13H,12H2,1-8H3,(H,23,24). The third kappa shape index (κ3) is 5.40. The Labute approximate surface area is 168 Å². The van der Waals surface area contributed by atoms with Crippen molar-refractivity contribution in [2.45, 2.75) is 78.0 Å². The normalized spacial score (nSPS) is 19.7. The molecule has 5 nitrogen and oxygen atoms in total. The lowest BCUT2D eigenvalue weighted by molar-refractivity contribution is 0.00578. The summed E-state index contributed by atoms with van der Waals surface area (Å²) in [5.74, 6) is -0.0319. The molecule has 1 N–H and O–H groups in total. The summed E-state index contributed by atoms with van der Waals surface area (Å²) in [6.07, 6.45) is -0.431. The van der Waals surface area contributed by atoms with Crippen molar-refractivity contribution in [3.05, 3.63) is 28.8 Å². The van der Waals surface area contributed by atoms with Crippen molar-refractivity contribution < 1.29 is 18.8 Å². The van der Waals surface area contributed by atoms with E-state index >= 15 is 0 Å². The highest BCUT2D eigenvalue weighted by molar-refractivity contribution is 6.62. The smallest absolute Gasteiger partial charge is 0.449 e. The zero-order chi connectivity index (χ0) is 20.6. The molecule has 1 fully saturated rings. The Bertz CT molecular complexity index is 684. The van der Waals surface area contributed by atoms with E-state index in [2.05, 4.69) is 5.32 Å². The fourth-order valence-electron chi connectivity index (χ4n) is 2.70. The molecule has 0 saturated carbocycles. The molecular formula is C20H31BClNO4. The van der Waals surface area contributed by atoms with Gasteiger partial charge in [0.05, 0.1) is 17.8 Å². The van der Waals surface area contributed by atoms with E-state index in [1.807, 2.05) is 73.6 Å². The Kier molecular flexibility index (Phi) is 6.25. The van der Waals surface area contributed by atoms with Crippen molar-refractivity contribution in [3.8, 4) is 0 Å². The van der Waals surface area contributed by atoms with Gasteiger partial charge in [0.25, 0.3) is 0 Å². The van der Waals surface area contributed by atoms with Crippen LogP contribution in [0.1, 0.15) is 66.9 Å². The first-order valence-corrected chi connectivity index (χ1v) is 9.69. The van der Waals surface area contributed by atoms with Crippen LogP contribution < -0.4 is 10.8 Å². The highest BCUT2D eigenvalue weighted by atomic mass is 35.5. The molecule has 1 aromatic carbocycles. The van der Waals surface area contributed by atoms with Gasteiger partial charge in [0.15, 0.2) is 0 Å². The van der Waals surface area contributed by atoms with Crippen molar-refractivity contribution in [2.24, 2.45) is 0 Å². The monoisotopic (exact) mass is 395 g/mol. The molecule has 1 unspecified atom stereocenters. The lowest BCUT2D eigenvalue weighted by Crippen LogP contribution is -2.41. The van der Waals surface area contributed by atoms with Gasteiger partial charge < -0.3 is 19.4 Å². The van der Waals surface area contributed by atoms with Crippen LogP contribution in [0.4, 0.5) is 4.79 Å². The SMILES string of the molecule is CC(COC(=O)NC(C)(C)C)c1ccc(B2OC(C)(C)C(C)(C)O2)cc1Cl. The van der Waals surface area contributed by atoms with Crippen molar-refractivity contribution in [2.75, 3.05) is 6.61 Å². The molecule has 1 atom stereocenters. The van der Waals surface area contributed by atoms with Gasteiger partial charge in [-0.15, -0.1) is 0 Å². The summed E-state index contributed by atoms with van der Waals surface area (Å²) in [5, 5.41) is 3.38. The number of alkyl carbamates (subject to hydrolysis) is 1. The molecule has 1 aliphatic heterocycles. The highest BCUT2D eigenvalue weighted by Crippen LogP contribution is 2.37. The van der Waals surface area contributed by atoms with Crippen LogP contribution in [0.25, 0.3) is 0 Å². The van der Waals surface area contributed by atoms with Crippen molar-refractivity contribution >= 4 is 30.3 Å². The maximum atomic E-state index is 11.8. The van der Waals surface area contributed by atoms with Gasteiger partial charge in [-0.3, -0.25) is 0 Å². The van der Waals surface area contributed by atoms with E-state index < -0.39 is 24.4 Å². The zero-order valence-corrected chi connectivity index (χ0v) is 18.4. The van der Waals surface area contributed by atoms with Crippen molar-refractivity contribution in [3.63, 3.8) is 0 Å². The number of nitrogens with one attached hydrogen (secondary N) is 1. The molecule has 0 aliphatic carbocycles. The van der Waals surface area contributed by atoms with Gasteiger partial charge >= 0.3 is 13.2 Å². The van der Waals surface area contributed by atoms with Crippen LogP contribution in [0.2, 0.25) is 5.02 Å². The number of hydrogen-bond donors (Lipinski definition) is 1. The number of rotatable bonds is 4. The minimum Gasteiger partial charge on any atom is -0.449 e. The third-order valence-electron chi connectivity index (χ3n) is 5.02. The minimum atomic E-state index is -0.453. The summed E-state index contributed by atoms with van der Waals surface area (Å²) in [4.78, 5) is 11.8.